The lowest BCUT2D eigenvalue weighted by molar-refractivity contribution is -0.243. The molecule has 3 nitrogen and oxygen atoms in total. The van der Waals surface area contributed by atoms with E-state index in [-0.39, 0.29) is 0 Å². The van der Waals surface area contributed by atoms with E-state index in [9.17, 15) is 0 Å². The fraction of sp³-hybridized carbons (Fsp3) is 0.500. The van der Waals surface area contributed by atoms with E-state index in [1.54, 1.807) is 22.3 Å². The van der Waals surface area contributed by atoms with Crippen molar-refractivity contribution in [3.8, 4) is 0 Å². The summed E-state index contributed by atoms with van der Waals surface area (Å²) in [7, 11) is 0. The predicted molar refractivity (Wildman–Crippen MR) is 205 cm³/mol. The van der Waals surface area contributed by atoms with Gasteiger partial charge in [0.1, 0.15) is 0 Å². The van der Waals surface area contributed by atoms with Crippen LogP contribution in [0.2, 0.25) is 0 Å². The number of hydrogen-bond donors (Lipinski definition) is 0. The van der Waals surface area contributed by atoms with E-state index in [1.807, 2.05) is 0 Å². The van der Waals surface area contributed by atoms with Crippen molar-refractivity contribution in [1.29, 1.82) is 0 Å². The summed E-state index contributed by atoms with van der Waals surface area (Å²) in [5.41, 5.74) is 6.26. The lowest BCUT2D eigenvalue weighted by Crippen LogP contribution is -2.79. The van der Waals surface area contributed by atoms with Crippen LogP contribution in [0.4, 0.5) is 0 Å². The van der Waals surface area contributed by atoms with Crippen LogP contribution in [0.1, 0.15) is 110 Å². The largest absolute Gasteiger partial charge is 0.372 e. The summed E-state index contributed by atoms with van der Waals surface area (Å²) in [5.74, 6) is 3.95. The number of hydrogen-bond acceptors (Lipinski definition) is 3. The molecule has 0 radical (unpaired) electrons. The minimum Gasteiger partial charge on any atom is -0.372 e. The molecule has 0 amide bonds. The smallest absolute Gasteiger partial charge is 0.0756 e. The Morgan fingerprint density at radius 3 is 1.49 bits per heavy atom. The summed E-state index contributed by atoms with van der Waals surface area (Å²) in [6.07, 6.45) is 13.6. The molecule has 3 saturated heterocycles. The lowest BCUT2D eigenvalue weighted by atomic mass is 9.60. The van der Waals surface area contributed by atoms with Gasteiger partial charge < -0.3 is 4.74 Å². The zero-order valence-electron chi connectivity index (χ0n) is 30.0. The van der Waals surface area contributed by atoms with Crippen molar-refractivity contribution in [2.75, 3.05) is 0 Å². The van der Waals surface area contributed by atoms with Crippen molar-refractivity contribution in [3.05, 3.63) is 144 Å². The zero-order valence-corrected chi connectivity index (χ0v) is 30.0. The Hall–Kier alpha value is -3.24. The van der Waals surface area contributed by atoms with E-state index >= 15 is 0 Å². The number of benzene rings is 4. The molecule has 14 atom stereocenters. The number of rotatable bonds is 4. The second-order valence-corrected chi connectivity index (χ2v) is 17.6. The average molecular weight is 675 g/mol. The third-order valence-corrected chi connectivity index (χ3v) is 15.6. The highest BCUT2D eigenvalue weighted by Gasteiger charge is 2.68. The Morgan fingerprint density at radius 1 is 0.392 bits per heavy atom. The first-order valence-electron chi connectivity index (χ1n) is 20.7. The quantitative estimate of drug-likeness (QED) is 0.214. The Bertz CT molecular complexity index is 1800. The monoisotopic (exact) mass is 674 g/mol. The molecule has 7 fully saturated rings. The van der Waals surface area contributed by atoms with Crippen molar-refractivity contribution in [1.82, 2.24) is 9.80 Å². The Balaban J connectivity index is 1.03. The van der Waals surface area contributed by atoms with Crippen molar-refractivity contribution >= 4 is 0 Å². The summed E-state index contributed by atoms with van der Waals surface area (Å²) in [6, 6.07) is 50.0. The van der Waals surface area contributed by atoms with E-state index in [1.165, 1.54) is 64.2 Å². The van der Waals surface area contributed by atoms with Crippen LogP contribution in [-0.2, 0) is 4.74 Å². The van der Waals surface area contributed by atoms with Gasteiger partial charge in [-0.25, -0.2) is 0 Å². The van der Waals surface area contributed by atoms with Gasteiger partial charge in [0, 0.05) is 30.2 Å². The highest BCUT2D eigenvalue weighted by molar-refractivity contribution is 5.33. The first-order chi connectivity index (χ1) is 25.3. The average Bonchev–Trinajstić information content (AvgIpc) is 3.56. The first kappa shape index (κ1) is 31.3. The fourth-order valence-corrected chi connectivity index (χ4v) is 13.8. The van der Waals surface area contributed by atoms with Gasteiger partial charge in [-0.05, 0) is 122 Å². The maximum Gasteiger partial charge on any atom is 0.0756 e. The van der Waals surface area contributed by atoms with Gasteiger partial charge in [0.25, 0.3) is 0 Å². The number of morpholine rings is 1. The van der Waals surface area contributed by atoms with E-state index in [2.05, 4.69) is 131 Å². The van der Waals surface area contributed by atoms with Crippen molar-refractivity contribution in [2.24, 2.45) is 11.8 Å². The van der Waals surface area contributed by atoms with Crippen LogP contribution in [0, 0.1) is 11.8 Å². The van der Waals surface area contributed by atoms with Gasteiger partial charge in [0.05, 0.1) is 18.2 Å². The molecule has 0 aromatic heterocycles. The summed E-state index contributed by atoms with van der Waals surface area (Å²) < 4.78 is 7.54. The van der Waals surface area contributed by atoms with Gasteiger partial charge in [0.2, 0.25) is 0 Å². The molecule has 3 aliphatic heterocycles. The molecule has 7 aliphatic rings. The van der Waals surface area contributed by atoms with Crippen LogP contribution in [0.15, 0.2) is 121 Å². The van der Waals surface area contributed by atoms with Gasteiger partial charge in [-0.3, -0.25) is 9.80 Å². The van der Waals surface area contributed by atoms with Crippen molar-refractivity contribution < 1.29 is 4.74 Å². The molecule has 0 spiro atoms. The predicted octanol–water partition coefficient (Wildman–Crippen LogP) is 9.92. The van der Waals surface area contributed by atoms with Crippen LogP contribution in [0.5, 0.6) is 0 Å². The molecule has 14 unspecified atom stereocenters. The standard InChI is InChI=1S/C48H54N2O/c1-5-13-31(14-6-1)35-21-24-40-39(27-35)46-38(34-19-11-4-12-20-34)30-45-47-48(46)49(40)42-28-36(32-15-7-2-8-16-32)22-25-41(42)50(47)43-29-37(23-26-44(43)51-45)33-17-9-3-10-18-33/h1-20,35-48H,21-30H2. The minimum absolute atomic E-state index is 0.325. The molecule has 51 heavy (non-hydrogen) atoms. The van der Waals surface area contributed by atoms with Gasteiger partial charge in [-0.2, -0.15) is 0 Å². The Morgan fingerprint density at radius 2 is 0.882 bits per heavy atom. The van der Waals surface area contributed by atoms with E-state index in [4.69, 9.17) is 4.74 Å². The normalized spacial score (nSPS) is 41.5. The lowest BCUT2D eigenvalue weighted by Gasteiger charge is -2.67. The summed E-state index contributed by atoms with van der Waals surface area (Å²) in [6.45, 7) is 0. The molecular weight excluding hydrogens is 621 g/mol. The molecular formula is C48H54N2O. The van der Waals surface area contributed by atoms with E-state index in [0.717, 1.165) is 5.92 Å². The molecule has 4 aliphatic carbocycles. The number of piperazine rings is 1. The molecule has 11 rings (SSSR count). The second kappa shape index (κ2) is 12.7. The molecule has 0 N–H and O–H groups in total. The Labute approximate surface area is 305 Å². The maximum absolute atomic E-state index is 7.54. The SMILES string of the molecule is c1ccc(C2CCC3C(C2)C2C(c4ccccc4)CC4OC5CCC(c6ccccc6)CC5N5C6CCC(c7ccccc7)CC6N3C2C45)cc1. The number of ether oxygens (including phenoxy) is 1. The highest BCUT2D eigenvalue weighted by Crippen LogP contribution is 2.63. The van der Waals surface area contributed by atoms with Crippen molar-refractivity contribution in [2.45, 2.75) is 136 Å². The maximum atomic E-state index is 7.54. The van der Waals surface area contributed by atoms with Gasteiger partial charge in [-0.15, -0.1) is 0 Å². The molecule has 4 aromatic rings. The first-order valence-corrected chi connectivity index (χ1v) is 20.7. The van der Waals surface area contributed by atoms with Crippen LogP contribution >= 0.6 is 0 Å². The molecule has 3 heteroatoms. The van der Waals surface area contributed by atoms with Crippen LogP contribution in [0.25, 0.3) is 0 Å². The zero-order chi connectivity index (χ0) is 33.5. The third-order valence-electron chi connectivity index (χ3n) is 15.6. The van der Waals surface area contributed by atoms with Gasteiger partial charge >= 0.3 is 0 Å². The number of fused-ring (bicyclic) bond motifs is 8. The molecule has 4 saturated carbocycles. The van der Waals surface area contributed by atoms with Crippen LogP contribution < -0.4 is 0 Å². The van der Waals surface area contributed by atoms with Crippen LogP contribution in [0.3, 0.4) is 0 Å². The fourth-order valence-electron chi connectivity index (χ4n) is 13.8. The summed E-state index contributed by atoms with van der Waals surface area (Å²) in [5, 5.41) is 0. The van der Waals surface area contributed by atoms with Gasteiger partial charge in [0.15, 0.2) is 0 Å². The minimum atomic E-state index is 0.325. The molecule has 0 bridgehead atoms. The molecule has 4 aromatic carbocycles. The topological polar surface area (TPSA) is 15.7 Å². The second-order valence-electron chi connectivity index (χ2n) is 17.6. The summed E-state index contributed by atoms with van der Waals surface area (Å²) in [4.78, 5) is 6.50. The molecule has 3 heterocycles. The Kier molecular flexibility index (Phi) is 7.80. The summed E-state index contributed by atoms with van der Waals surface area (Å²) >= 11 is 0. The third kappa shape index (κ3) is 5.08. The molecule has 262 valence electrons. The van der Waals surface area contributed by atoms with Crippen molar-refractivity contribution in [3.63, 3.8) is 0 Å². The van der Waals surface area contributed by atoms with Crippen LogP contribution in [-0.4, -0.2) is 58.3 Å². The highest BCUT2D eigenvalue weighted by atomic mass is 16.5. The van der Waals surface area contributed by atoms with Gasteiger partial charge in [-0.1, -0.05) is 121 Å². The van der Waals surface area contributed by atoms with E-state index < -0.39 is 0 Å². The number of nitrogens with zero attached hydrogens (tertiary/aromatic N) is 2. The van der Waals surface area contributed by atoms with E-state index in [0.29, 0.717) is 78.0 Å².